The largest absolute Gasteiger partial charge is 0.481 e. The summed E-state index contributed by atoms with van der Waals surface area (Å²) in [5.74, 6) is 0.627. The number of aryl methyl sites for hydroxylation is 1. The highest BCUT2D eigenvalue weighted by Gasteiger charge is 2.39. The third kappa shape index (κ3) is 5.19. The van der Waals surface area contributed by atoms with Crippen molar-refractivity contribution in [1.29, 1.82) is 0 Å². The van der Waals surface area contributed by atoms with Crippen LogP contribution in [0.1, 0.15) is 44.6 Å². The van der Waals surface area contributed by atoms with Crippen LogP contribution in [0.2, 0.25) is 5.02 Å². The van der Waals surface area contributed by atoms with E-state index in [0.717, 1.165) is 31.7 Å². The highest BCUT2D eigenvalue weighted by atomic mass is 35.5. The maximum atomic E-state index is 12.7. The van der Waals surface area contributed by atoms with E-state index < -0.39 is 6.10 Å². The Labute approximate surface area is 174 Å². The number of carbonyl (C=O) groups excluding carboxylic acids is 1. The topological polar surface area (TPSA) is 44.8 Å². The van der Waals surface area contributed by atoms with Gasteiger partial charge in [0, 0.05) is 43.3 Å². The van der Waals surface area contributed by atoms with Gasteiger partial charge < -0.3 is 15.0 Å². The van der Waals surface area contributed by atoms with Gasteiger partial charge in [0.2, 0.25) is 0 Å². The van der Waals surface area contributed by atoms with E-state index in [-0.39, 0.29) is 11.4 Å². The summed E-state index contributed by atoms with van der Waals surface area (Å²) in [6.07, 6.45) is 5.61. The number of nitrogens with zero attached hydrogens (tertiary/aromatic N) is 2. The summed E-state index contributed by atoms with van der Waals surface area (Å²) < 4.78 is 5.85. The van der Waals surface area contributed by atoms with E-state index in [4.69, 9.17) is 16.3 Å². The Kier molecular flexibility index (Phi) is 7.24. The van der Waals surface area contributed by atoms with E-state index in [2.05, 4.69) is 22.2 Å². The second-order valence-corrected chi connectivity index (χ2v) is 8.87. The molecule has 0 bridgehead atoms. The SMILES string of the molecule is Cc1cc(OC(C)C(=O)NCC2(N3CCN(C)CC3)CCCCC2)ccc1Cl. The molecule has 1 N–H and O–H groups in total. The molecule has 1 aliphatic heterocycles. The van der Waals surface area contributed by atoms with E-state index in [1.807, 2.05) is 26.0 Å². The molecule has 1 saturated heterocycles. The molecule has 1 amide bonds. The second kappa shape index (κ2) is 9.47. The first kappa shape index (κ1) is 21.4. The molecule has 1 aliphatic carbocycles. The van der Waals surface area contributed by atoms with Crippen molar-refractivity contribution in [1.82, 2.24) is 15.1 Å². The van der Waals surface area contributed by atoms with Crippen molar-refractivity contribution < 1.29 is 9.53 Å². The Balaban J connectivity index is 1.58. The third-order valence-corrected chi connectivity index (χ3v) is 6.79. The van der Waals surface area contributed by atoms with Gasteiger partial charge in [-0.2, -0.15) is 0 Å². The first-order valence-electron chi connectivity index (χ1n) is 10.5. The lowest BCUT2D eigenvalue weighted by molar-refractivity contribution is -0.128. The summed E-state index contributed by atoms with van der Waals surface area (Å²) in [6, 6.07) is 5.49. The monoisotopic (exact) mass is 407 g/mol. The van der Waals surface area contributed by atoms with Crippen molar-refractivity contribution in [3.63, 3.8) is 0 Å². The number of hydrogen-bond donors (Lipinski definition) is 1. The molecule has 2 fully saturated rings. The fourth-order valence-electron chi connectivity index (χ4n) is 4.44. The van der Waals surface area contributed by atoms with Crippen LogP contribution < -0.4 is 10.1 Å². The van der Waals surface area contributed by atoms with Crippen LogP contribution in [-0.2, 0) is 4.79 Å². The van der Waals surface area contributed by atoms with Crippen LogP contribution in [0.4, 0.5) is 0 Å². The lowest BCUT2D eigenvalue weighted by Crippen LogP contribution is -2.62. The predicted octanol–water partition coefficient (Wildman–Crippen LogP) is 3.48. The molecule has 28 heavy (non-hydrogen) atoms. The van der Waals surface area contributed by atoms with Gasteiger partial charge in [0.05, 0.1) is 0 Å². The number of carbonyl (C=O) groups is 1. The zero-order chi connectivity index (χ0) is 20.1. The zero-order valence-corrected chi connectivity index (χ0v) is 18.2. The predicted molar refractivity (Wildman–Crippen MR) is 114 cm³/mol. The van der Waals surface area contributed by atoms with Crippen LogP contribution in [0.25, 0.3) is 0 Å². The number of hydrogen-bond acceptors (Lipinski definition) is 4. The first-order chi connectivity index (χ1) is 13.4. The molecule has 0 aromatic heterocycles. The van der Waals surface area contributed by atoms with Gasteiger partial charge >= 0.3 is 0 Å². The number of benzene rings is 1. The molecule has 5 nitrogen and oxygen atoms in total. The van der Waals surface area contributed by atoms with Crippen LogP contribution in [0.5, 0.6) is 5.75 Å². The van der Waals surface area contributed by atoms with Gasteiger partial charge in [0.1, 0.15) is 5.75 Å². The van der Waals surface area contributed by atoms with E-state index >= 15 is 0 Å². The van der Waals surface area contributed by atoms with Crippen molar-refractivity contribution in [2.75, 3.05) is 39.8 Å². The number of nitrogens with one attached hydrogen (secondary N) is 1. The molecule has 1 aromatic rings. The van der Waals surface area contributed by atoms with Crippen LogP contribution in [0.3, 0.4) is 0 Å². The maximum Gasteiger partial charge on any atom is 0.260 e. The van der Waals surface area contributed by atoms with Gasteiger partial charge in [-0.3, -0.25) is 9.69 Å². The summed E-state index contributed by atoms with van der Waals surface area (Å²) in [5, 5.41) is 3.91. The number of amides is 1. The molecule has 2 aliphatic rings. The average molecular weight is 408 g/mol. The van der Waals surface area contributed by atoms with Gasteiger partial charge in [0.15, 0.2) is 6.10 Å². The Morgan fingerprint density at radius 1 is 1.21 bits per heavy atom. The number of rotatable bonds is 6. The first-order valence-corrected chi connectivity index (χ1v) is 10.9. The van der Waals surface area contributed by atoms with Gasteiger partial charge in [-0.05, 0) is 57.5 Å². The van der Waals surface area contributed by atoms with Crippen LogP contribution in [0, 0.1) is 6.92 Å². The standard InChI is InChI=1S/C22H34ClN3O2/c1-17-15-19(7-8-20(17)23)28-18(2)21(27)24-16-22(9-5-4-6-10-22)26-13-11-25(3)12-14-26/h7-8,15,18H,4-6,9-14,16H2,1-3H3,(H,24,27). The van der Waals surface area contributed by atoms with Gasteiger partial charge in [-0.15, -0.1) is 0 Å². The summed E-state index contributed by atoms with van der Waals surface area (Å²) in [6.45, 7) is 8.83. The number of likely N-dealkylation sites (N-methyl/N-ethyl adjacent to an activating group) is 1. The molecule has 1 heterocycles. The number of piperazine rings is 1. The Morgan fingerprint density at radius 3 is 2.54 bits per heavy atom. The molecule has 156 valence electrons. The molecule has 0 spiro atoms. The van der Waals surface area contributed by atoms with E-state index in [0.29, 0.717) is 17.3 Å². The maximum absolute atomic E-state index is 12.7. The molecule has 1 atom stereocenters. The molecule has 1 aromatic carbocycles. The molecule has 3 rings (SSSR count). The fourth-order valence-corrected chi connectivity index (χ4v) is 4.56. The molecule has 0 radical (unpaired) electrons. The Bertz CT molecular complexity index is 668. The Morgan fingerprint density at radius 2 is 1.89 bits per heavy atom. The van der Waals surface area contributed by atoms with Crippen LogP contribution in [0.15, 0.2) is 18.2 Å². The highest BCUT2D eigenvalue weighted by Crippen LogP contribution is 2.34. The Hall–Kier alpha value is -1.30. The molecule has 1 saturated carbocycles. The number of ether oxygens (including phenoxy) is 1. The normalized spacial score (nSPS) is 21.9. The molecule has 1 unspecified atom stereocenters. The minimum atomic E-state index is -0.534. The summed E-state index contributed by atoms with van der Waals surface area (Å²) in [5.41, 5.74) is 1.05. The average Bonchev–Trinajstić information content (AvgIpc) is 2.70. The summed E-state index contributed by atoms with van der Waals surface area (Å²) in [4.78, 5) is 17.7. The van der Waals surface area contributed by atoms with Crippen molar-refractivity contribution in [2.45, 2.75) is 57.6 Å². The minimum absolute atomic E-state index is 0.0494. The molecular weight excluding hydrogens is 374 g/mol. The minimum Gasteiger partial charge on any atom is -0.481 e. The summed E-state index contributed by atoms with van der Waals surface area (Å²) in [7, 11) is 2.18. The van der Waals surface area contributed by atoms with E-state index in [1.165, 1.54) is 32.1 Å². The lowest BCUT2D eigenvalue weighted by Gasteiger charge is -2.49. The van der Waals surface area contributed by atoms with Crippen molar-refractivity contribution in [3.8, 4) is 5.75 Å². The third-order valence-electron chi connectivity index (χ3n) is 6.36. The van der Waals surface area contributed by atoms with Crippen molar-refractivity contribution >= 4 is 17.5 Å². The van der Waals surface area contributed by atoms with E-state index in [1.54, 1.807) is 6.07 Å². The quantitative estimate of drug-likeness (QED) is 0.784. The van der Waals surface area contributed by atoms with Crippen molar-refractivity contribution in [2.24, 2.45) is 0 Å². The fraction of sp³-hybridized carbons (Fsp3) is 0.682. The second-order valence-electron chi connectivity index (χ2n) is 8.46. The van der Waals surface area contributed by atoms with Crippen LogP contribution >= 0.6 is 11.6 Å². The van der Waals surface area contributed by atoms with Crippen LogP contribution in [-0.4, -0.2) is 67.1 Å². The van der Waals surface area contributed by atoms with Crippen molar-refractivity contribution in [3.05, 3.63) is 28.8 Å². The smallest absolute Gasteiger partial charge is 0.260 e. The van der Waals surface area contributed by atoms with E-state index in [9.17, 15) is 4.79 Å². The highest BCUT2D eigenvalue weighted by molar-refractivity contribution is 6.31. The molecular formula is C22H34ClN3O2. The van der Waals surface area contributed by atoms with Gasteiger partial charge in [-0.25, -0.2) is 0 Å². The summed E-state index contributed by atoms with van der Waals surface area (Å²) >= 11 is 6.07. The lowest BCUT2D eigenvalue weighted by atomic mass is 9.79. The van der Waals surface area contributed by atoms with Gasteiger partial charge in [0.25, 0.3) is 5.91 Å². The number of halogens is 1. The zero-order valence-electron chi connectivity index (χ0n) is 17.5. The molecule has 6 heteroatoms. The van der Waals surface area contributed by atoms with Gasteiger partial charge in [-0.1, -0.05) is 30.9 Å².